The summed E-state index contributed by atoms with van der Waals surface area (Å²) in [5, 5.41) is 0. The van der Waals surface area contributed by atoms with Crippen LogP contribution in [0.3, 0.4) is 0 Å². The van der Waals surface area contributed by atoms with Gasteiger partial charge in [0.1, 0.15) is 17.8 Å². The summed E-state index contributed by atoms with van der Waals surface area (Å²) in [6, 6.07) is 15.8. The first-order valence-corrected chi connectivity index (χ1v) is 10.4. The Morgan fingerprint density at radius 1 is 1.07 bits per heavy atom. The van der Waals surface area contributed by atoms with Gasteiger partial charge in [0.2, 0.25) is 5.88 Å². The molecule has 7 nitrogen and oxygen atoms in total. The van der Waals surface area contributed by atoms with Gasteiger partial charge >= 0.3 is 0 Å². The van der Waals surface area contributed by atoms with Crippen LogP contribution in [-0.4, -0.2) is 27.6 Å². The van der Waals surface area contributed by atoms with Gasteiger partial charge in [-0.05, 0) is 54.6 Å². The normalized spacial score (nSPS) is 16.5. The van der Waals surface area contributed by atoms with Crippen LogP contribution in [0.15, 0.2) is 75.2 Å². The van der Waals surface area contributed by atoms with Crippen LogP contribution >= 0.6 is 0 Å². The van der Waals surface area contributed by atoms with Crippen molar-refractivity contribution in [3.63, 3.8) is 0 Å². The molecule has 0 fully saturated rings. The van der Waals surface area contributed by atoms with Gasteiger partial charge in [-0.3, -0.25) is 0 Å². The molecule has 0 aliphatic carbocycles. The van der Waals surface area contributed by atoms with Crippen LogP contribution in [0.4, 0.5) is 11.6 Å². The minimum atomic E-state index is -3.28. The van der Waals surface area contributed by atoms with Gasteiger partial charge in [-0.2, -0.15) is 4.99 Å². The molecule has 144 valence electrons. The Labute approximate surface area is 163 Å². The molecule has 0 amide bonds. The van der Waals surface area contributed by atoms with E-state index in [9.17, 15) is 8.42 Å². The van der Waals surface area contributed by atoms with Crippen LogP contribution in [0.1, 0.15) is 17.3 Å². The molecule has 1 unspecified atom stereocenters. The van der Waals surface area contributed by atoms with E-state index in [1.165, 1.54) is 6.26 Å². The van der Waals surface area contributed by atoms with Crippen molar-refractivity contribution in [1.82, 2.24) is 0 Å². The van der Waals surface area contributed by atoms with E-state index in [-0.39, 0.29) is 4.90 Å². The Kier molecular flexibility index (Phi) is 4.44. The zero-order valence-electron chi connectivity index (χ0n) is 15.4. The zero-order chi connectivity index (χ0) is 19.9. The van der Waals surface area contributed by atoms with Crippen LogP contribution in [-0.2, 0) is 9.84 Å². The smallest absolute Gasteiger partial charge is 0.227 e. The Bertz CT molecular complexity index is 1130. The molecule has 2 N–H and O–H groups in total. The first-order valence-electron chi connectivity index (χ1n) is 8.54. The highest BCUT2D eigenvalue weighted by Crippen LogP contribution is 2.37. The molecule has 1 aliphatic heterocycles. The first-order chi connectivity index (χ1) is 13.4. The van der Waals surface area contributed by atoms with E-state index in [1.54, 1.807) is 43.7 Å². The Hall–Kier alpha value is -3.10. The summed E-state index contributed by atoms with van der Waals surface area (Å²) in [5.74, 6) is 1.74. The van der Waals surface area contributed by atoms with Gasteiger partial charge in [0.25, 0.3) is 0 Å². The first kappa shape index (κ1) is 18.3. The quantitative estimate of drug-likeness (QED) is 0.726. The van der Waals surface area contributed by atoms with E-state index in [4.69, 9.17) is 14.9 Å². The predicted molar refractivity (Wildman–Crippen MR) is 107 cm³/mol. The third kappa shape index (κ3) is 3.17. The lowest BCUT2D eigenvalue weighted by Gasteiger charge is -2.34. The Morgan fingerprint density at radius 2 is 1.75 bits per heavy atom. The number of hydrogen-bond acceptors (Lipinski definition) is 7. The van der Waals surface area contributed by atoms with Crippen molar-refractivity contribution in [3.8, 4) is 5.75 Å². The van der Waals surface area contributed by atoms with Crippen LogP contribution in [0.2, 0.25) is 0 Å². The maximum Gasteiger partial charge on any atom is 0.227 e. The minimum Gasteiger partial charge on any atom is -0.497 e. The van der Waals surface area contributed by atoms with Gasteiger partial charge in [-0.1, -0.05) is 0 Å². The fraction of sp³-hybridized carbons (Fsp3) is 0.150. The SMILES string of the molecule is COc1ccc(N2C(c3ccc(S(C)(=O)=O)cc3)=Nc3occc3C2N)cc1. The second kappa shape index (κ2) is 6.81. The number of amidine groups is 1. The molecule has 4 rings (SSSR count). The summed E-state index contributed by atoms with van der Waals surface area (Å²) < 4.78 is 34.2. The number of furan rings is 1. The number of hydrogen-bond donors (Lipinski definition) is 1. The van der Waals surface area contributed by atoms with Crippen LogP contribution in [0.5, 0.6) is 5.75 Å². The highest BCUT2D eigenvalue weighted by atomic mass is 32.2. The van der Waals surface area contributed by atoms with Crippen LogP contribution in [0, 0.1) is 0 Å². The highest BCUT2D eigenvalue weighted by Gasteiger charge is 2.31. The lowest BCUT2D eigenvalue weighted by molar-refractivity contribution is 0.415. The molecule has 8 heteroatoms. The van der Waals surface area contributed by atoms with Crippen molar-refractivity contribution in [3.05, 3.63) is 72.0 Å². The predicted octanol–water partition coefficient (Wildman–Crippen LogP) is 3.25. The topological polar surface area (TPSA) is 98.1 Å². The minimum absolute atomic E-state index is 0.242. The number of ether oxygens (including phenoxy) is 1. The molecule has 1 atom stereocenters. The van der Waals surface area contributed by atoms with Gasteiger partial charge in [-0.25, -0.2) is 8.42 Å². The molecule has 28 heavy (non-hydrogen) atoms. The average Bonchev–Trinajstić information content (AvgIpc) is 3.17. The second-order valence-electron chi connectivity index (χ2n) is 6.43. The van der Waals surface area contributed by atoms with Crippen molar-refractivity contribution >= 4 is 27.2 Å². The molecular formula is C20H19N3O4S. The number of fused-ring (bicyclic) bond motifs is 1. The van der Waals surface area contributed by atoms with Gasteiger partial charge in [0, 0.05) is 17.5 Å². The lowest BCUT2D eigenvalue weighted by Crippen LogP contribution is -2.41. The Balaban J connectivity index is 1.83. The molecule has 1 aromatic heterocycles. The fourth-order valence-corrected chi connectivity index (χ4v) is 3.76. The van der Waals surface area contributed by atoms with Gasteiger partial charge in [-0.15, -0.1) is 0 Å². The van der Waals surface area contributed by atoms with E-state index in [0.29, 0.717) is 11.7 Å². The highest BCUT2D eigenvalue weighted by molar-refractivity contribution is 7.90. The third-order valence-electron chi connectivity index (χ3n) is 4.60. The van der Waals surface area contributed by atoms with Crippen molar-refractivity contribution in [2.45, 2.75) is 11.1 Å². The molecular weight excluding hydrogens is 378 g/mol. The van der Waals surface area contributed by atoms with Crippen molar-refractivity contribution in [2.75, 3.05) is 18.3 Å². The second-order valence-corrected chi connectivity index (χ2v) is 8.44. The maximum absolute atomic E-state index is 11.8. The summed E-state index contributed by atoms with van der Waals surface area (Å²) in [7, 11) is -1.68. The van der Waals surface area contributed by atoms with E-state index in [0.717, 1.165) is 22.6 Å². The van der Waals surface area contributed by atoms with Gasteiger partial charge in [0.05, 0.1) is 23.8 Å². The molecule has 0 saturated heterocycles. The number of methoxy groups -OCH3 is 1. The molecule has 0 radical (unpaired) electrons. The van der Waals surface area contributed by atoms with E-state index in [1.807, 2.05) is 29.2 Å². The summed E-state index contributed by atoms with van der Waals surface area (Å²) in [4.78, 5) is 6.76. The summed E-state index contributed by atoms with van der Waals surface area (Å²) in [5.41, 5.74) is 8.84. The van der Waals surface area contributed by atoms with Gasteiger partial charge < -0.3 is 19.8 Å². The third-order valence-corrected chi connectivity index (χ3v) is 5.73. The molecule has 2 heterocycles. The molecule has 0 bridgehead atoms. The summed E-state index contributed by atoms with van der Waals surface area (Å²) in [6.07, 6.45) is 2.22. The van der Waals surface area contributed by atoms with E-state index < -0.39 is 16.0 Å². The Morgan fingerprint density at radius 3 is 2.36 bits per heavy atom. The molecule has 0 saturated carbocycles. The molecule has 0 spiro atoms. The van der Waals surface area contributed by atoms with Crippen LogP contribution in [0.25, 0.3) is 0 Å². The van der Waals surface area contributed by atoms with E-state index >= 15 is 0 Å². The number of nitrogens with zero attached hydrogens (tertiary/aromatic N) is 2. The van der Waals surface area contributed by atoms with E-state index in [2.05, 4.69) is 4.99 Å². The molecule has 3 aromatic rings. The standard InChI is InChI=1S/C20H19N3O4S/c1-26-15-7-5-14(6-8-15)23-18(21)17-11-12-27-20(17)22-19(23)13-3-9-16(10-4-13)28(2,24)25/h3-12,18H,21H2,1-2H3. The number of sulfone groups is 1. The molecule has 2 aromatic carbocycles. The molecule has 1 aliphatic rings. The van der Waals surface area contributed by atoms with Gasteiger partial charge in [0.15, 0.2) is 9.84 Å². The zero-order valence-corrected chi connectivity index (χ0v) is 16.2. The summed E-state index contributed by atoms with van der Waals surface area (Å²) >= 11 is 0. The lowest BCUT2D eigenvalue weighted by atomic mass is 10.1. The fourth-order valence-electron chi connectivity index (χ4n) is 3.13. The number of aliphatic imine (C=N–C) groups is 1. The average molecular weight is 397 g/mol. The number of nitrogens with two attached hydrogens (primary N) is 1. The number of rotatable bonds is 4. The van der Waals surface area contributed by atoms with Crippen LogP contribution < -0.4 is 15.4 Å². The number of benzene rings is 2. The van der Waals surface area contributed by atoms with Crippen molar-refractivity contribution in [2.24, 2.45) is 10.7 Å². The number of anilines is 1. The largest absolute Gasteiger partial charge is 0.497 e. The maximum atomic E-state index is 11.8. The monoisotopic (exact) mass is 397 g/mol. The van der Waals surface area contributed by atoms with Crippen molar-refractivity contribution in [1.29, 1.82) is 0 Å². The summed E-state index contributed by atoms with van der Waals surface area (Å²) in [6.45, 7) is 0. The van der Waals surface area contributed by atoms with Crippen molar-refractivity contribution < 1.29 is 17.6 Å².